The van der Waals surface area contributed by atoms with Gasteiger partial charge in [0.05, 0.1) is 17.1 Å². The monoisotopic (exact) mass is 622 g/mol. The number of nitrogens with zero attached hydrogens (tertiary/aromatic N) is 3. The van der Waals surface area contributed by atoms with Gasteiger partial charge in [-0.2, -0.15) is 14.7 Å². The fourth-order valence-corrected chi connectivity index (χ4v) is 6.25. The number of H-pyrrole nitrogens is 1. The number of ether oxygens (including phenoxy) is 1. The molecule has 0 unspecified atom stereocenters. The third kappa shape index (κ3) is 7.98. The molecule has 0 aliphatic heterocycles. The highest BCUT2D eigenvalue weighted by Crippen LogP contribution is 2.37. The van der Waals surface area contributed by atoms with Crippen LogP contribution in [0.1, 0.15) is 105 Å². The van der Waals surface area contributed by atoms with E-state index in [-0.39, 0.29) is 29.4 Å². The highest BCUT2D eigenvalue weighted by Gasteiger charge is 2.44. The summed E-state index contributed by atoms with van der Waals surface area (Å²) in [6.45, 7) is 15.8. The van der Waals surface area contributed by atoms with Crippen LogP contribution in [0.5, 0.6) is 5.75 Å². The lowest BCUT2D eigenvalue weighted by Crippen LogP contribution is -2.57. The quantitative estimate of drug-likeness (QED) is 0.169. The number of unbranched alkanes of at least 4 members (excludes halogenated alkanes) is 5. The van der Waals surface area contributed by atoms with E-state index in [1.165, 1.54) is 6.42 Å². The highest BCUT2D eigenvalue weighted by molar-refractivity contribution is 7.92. The van der Waals surface area contributed by atoms with Crippen LogP contribution in [0.2, 0.25) is 5.02 Å². The molecule has 0 aliphatic rings. The summed E-state index contributed by atoms with van der Waals surface area (Å²) in [6.07, 6.45) is 5.95. The van der Waals surface area contributed by atoms with Crippen LogP contribution in [0.25, 0.3) is 5.65 Å². The van der Waals surface area contributed by atoms with Crippen LogP contribution < -0.4 is 14.8 Å². The molecule has 10 nitrogen and oxygen atoms in total. The first-order valence-corrected chi connectivity index (χ1v) is 16.7. The van der Waals surface area contributed by atoms with Gasteiger partial charge in [0.25, 0.3) is 5.91 Å². The molecular weight excluding hydrogens is 576 g/mol. The molecule has 2 heterocycles. The summed E-state index contributed by atoms with van der Waals surface area (Å²) in [7, 11) is -3.55. The molecule has 3 N–H and O–H groups in total. The maximum Gasteiger partial charge on any atom is 0.258 e. The zero-order chi connectivity index (χ0) is 31.3. The Bertz CT molecular complexity index is 1470. The van der Waals surface area contributed by atoms with E-state index in [0.717, 1.165) is 31.4 Å². The molecule has 234 valence electrons. The molecule has 0 fully saturated rings. The van der Waals surface area contributed by atoms with Gasteiger partial charge in [-0.05, 0) is 32.4 Å². The number of aromatic nitrogens is 4. The van der Waals surface area contributed by atoms with E-state index in [1.54, 1.807) is 28.8 Å². The molecule has 0 saturated heterocycles. The summed E-state index contributed by atoms with van der Waals surface area (Å²) in [5.74, 6) is 0.576. The summed E-state index contributed by atoms with van der Waals surface area (Å²) in [6, 6.07) is 6.72. The van der Waals surface area contributed by atoms with Crippen molar-refractivity contribution in [3.8, 4) is 5.75 Å². The van der Waals surface area contributed by atoms with Gasteiger partial charge in [0.1, 0.15) is 10.8 Å². The average molecular weight is 623 g/mol. The number of carbonyl (C=O) groups is 1. The van der Waals surface area contributed by atoms with Crippen molar-refractivity contribution in [2.24, 2.45) is 0 Å². The number of para-hydroxylation sites is 2. The van der Waals surface area contributed by atoms with Crippen LogP contribution in [-0.2, 0) is 25.6 Å². The Morgan fingerprint density at radius 1 is 1.02 bits per heavy atom. The van der Waals surface area contributed by atoms with E-state index in [9.17, 15) is 13.2 Å². The van der Waals surface area contributed by atoms with E-state index in [1.807, 2.05) is 48.5 Å². The summed E-state index contributed by atoms with van der Waals surface area (Å²) in [5, 5.41) is 15.8. The third-order valence-electron chi connectivity index (χ3n) is 7.86. The number of amides is 1. The SMILES string of the molecule is CCCCCCCCS(=O)(=O)Nc1ccccc1OCC(=O)NC(C)(C)C(C)(C)c1n[nH]c2c(Cl)c(C(C)(C)C)nn12. The van der Waals surface area contributed by atoms with Crippen LogP contribution >= 0.6 is 11.6 Å². The Labute approximate surface area is 255 Å². The second-order valence-corrected chi connectivity index (χ2v) is 15.2. The van der Waals surface area contributed by atoms with Crippen molar-refractivity contribution in [3.63, 3.8) is 0 Å². The summed E-state index contributed by atoms with van der Waals surface area (Å²) < 4.78 is 35.5. The number of nitrogens with one attached hydrogen (secondary N) is 3. The first-order chi connectivity index (χ1) is 19.5. The second-order valence-electron chi connectivity index (χ2n) is 13.0. The fourth-order valence-electron chi connectivity index (χ4n) is 4.62. The van der Waals surface area contributed by atoms with Gasteiger partial charge in [0, 0.05) is 16.4 Å². The van der Waals surface area contributed by atoms with Crippen molar-refractivity contribution in [3.05, 3.63) is 40.8 Å². The molecule has 3 rings (SSSR count). The zero-order valence-corrected chi connectivity index (χ0v) is 27.8. The molecule has 0 radical (unpaired) electrons. The lowest BCUT2D eigenvalue weighted by Gasteiger charge is -2.40. The minimum atomic E-state index is -3.55. The normalized spacial score (nSPS) is 13.0. The predicted molar refractivity (Wildman–Crippen MR) is 169 cm³/mol. The maximum atomic E-state index is 13.1. The smallest absolute Gasteiger partial charge is 0.258 e. The lowest BCUT2D eigenvalue weighted by molar-refractivity contribution is -0.125. The Morgan fingerprint density at radius 3 is 2.33 bits per heavy atom. The van der Waals surface area contributed by atoms with Gasteiger partial charge in [-0.1, -0.05) is 97.4 Å². The van der Waals surface area contributed by atoms with Crippen molar-refractivity contribution in [2.45, 2.75) is 110 Å². The third-order valence-corrected chi connectivity index (χ3v) is 9.57. The Balaban J connectivity index is 1.66. The first kappa shape index (κ1) is 33.7. The number of carbonyl (C=O) groups excluding carboxylic acids is 1. The molecular formula is C30H47ClN6O4S. The minimum absolute atomic E-state index is 0.0381. The Morgan fingerprint density at radius 2 is 1.67 bits per heavy atom. The number of sulfonamides is 1. The second kappa shape index (κ2) is 13.2. The number of aromatic amines is 1. The van der Waals surface area contributed by atoms with E-state index in [4.69, 9.17) is 21.4 Å². The van der Waals surface area contributed by atoms with Crippen LogP contribution in [0.3, 0.4) is 0 Å². The molecule has 0 atom stereocenters. The molecule has 0 spiro atoms. The molecule has 1 aromatic carbocycles. The summed E-state index contributed by atoms with van der Waals surface area (Å²) >= 11 is 6.62. The first-order valence-electron chi connectivity index (χ1n) is 14.7. The van der Waals surface area contributed by atoms with Crippen LogP contribution in [0.4, 0.5) is 5.69 Å². The van der Waals surface area contributed by atoms with Gasteiger partial charge in [-0.3, -0.25) is 14.6 Å². The molecule has 2 aromatic heterocycles. The van der Waals surface area contributed by atoms with Gasteiger partial charge in [-0.25, -0.2) is 8.42 Å². The lowest BCUT2D eigenvalue weighted by atomic mass is 9.73. The molecule has 0 aliphatic carbocycles. The number of fused-ring (bicyclic) bond motifs is 1. The van der Waals surface area contributed by atoms with E-state index in [2.05, 4.69) is 27.2 Å². The van der Waals surface area contributed by atoms with Gasteiger partial charge < -0.3 is 10.1 Å². The fraction of sp³-hybridized carbons (Fsp3) is 0.633. The zero-order valence-electron chi connectivity index (χ0n) is 26.2. The number of rotatable bonds is 15. The Hall–Kier alpha value is -2.79. The molecule has 0 bridgehead atoms. The molecule has 0 saturated carbocycles. The molecule has 1 amide bonds. The van der Waals surface area contributed by atoms with Crippen molar-refractivity contribution in [1.29, 1.82) is 0 Å². The van der Waals surface area contributed by atoms with E-state index >= 15 is 0 Å². The predicted octanol–water partition coefficient (Wildman–Crippen LogP) is 6.36. The number of benzene rings is 1. The molecule has 3 aromatic rings. The van der Waals surface area contributed by atoms with Crippen LogP contribution in [0, 0.1) is 0 Å². The number of anilines is 1. The summed E-state index contributed by atoms with van der Waals surface area (Å²) in [4.78, 5) is 13.1. The largest absolute Gasteiger partial charge is 0.482 e. The molecule has 42 heavy (non-hydrogen) atoms. The van der Waals surface area contributed by atoms with E-state index in [0.29, 0.717) is 28.6 Å². The number of hydrogen-bond donors (Lipinski definition) is 3. The van der Waals surface area contributed by atoms with Gasteiger partial charge in [0.2, 0.25) is 10.0 Å². The van der Waals surface area contributed by atoms with Crippen molar-refractivity contribution in [1.82, 2.24) is 25.1 Å². The van der Waals surface area contributed by atoms with Crippen LogP contribution in [0.15, 0.2) is 24.3 Å². The van der Waals surface area contributed by atoms with Crippen LogP contribution in [-0.4, -0.2) is 52.0 Å². The standard InChI is InChI=1S/C30H47ClN6O4S/c1-9-10-11-12-13-16-19-42(39,40)36-21-17-14-15-18-22(21)41-20-23(38)32-30(7,8)29(5,6)27-34-33-26-24(31)25(28(2,3)4)35-37(26)27/h14-15,17-18,33,36H,9-13,16,19-20H2,1-8H3,(H,32,38). The average Bonchev–Trinajstić information content (AvgIpc) is 3.45. The number of halogens is 1. The van der Waals surface area contributed by atoms with Gasteiger partial charge >= 0.3 is 0 Å². The van der Waals surface area contributed by atoms with Gasteiger partial charge in [0.15, 0.2) is 18.1 Å². The van der Waals surface area contributed by atoms with Crippen molar-refractivity contribution in [2.75, 3.05) is 17.1 Å². The van der Waals surface area contributed by atoms with Crippen molar-refractivity contribution < 1.29 is 17.9 Å². The van der Waals surface area contributed by atoms with E-state index < -0.39 is 21.0 Å². The minimum Gasteiger partial charge on any atom is -0.482 e. The maximum absolute atomic E-state index is 13.1. The highest BCUT2D eigenvalue weighted by atomic mass is 35.5. The molecule has 12 heteroatoms. The number of hydrogen-bond acceptors (Lipinski definition) is 6. The Kier molecular flexibility index (Phi) is 10.6. The van der Waals surface area contributed by atoms with Gasteiger partial charge in [-0.15, -0.1) is 0 Å². The summed E-state index contributed by atoms with van der Waals surface area (Å²) in [5.41, 5.74) is -0.0635. The van der Waals surface area contributed by atoms with Crippen molar-refractivity contribution >= 4 is 38.9 Å². The topological polar surface area (TPSA) is 130 Å².